The molecular weight excluding hydrogens is 302 g/mol. The molecule has 0 aliphatic heterocycles. The zero-order valence-electron chi connectivity index (χ0n) is 14.2. The summed E-state index contributed by atoms with van der Waals surface area (Å²) >= 11 is 0. The lowest BCUT2D eigenvalue weighted by molar-refractivity contribution is 0.0951. The molecule has 1 aromatic carbocycles. The van der Waals surface area contributed by atoms with Crippen molar-refractivity contribution in [2.24, 2.45) is 0 Å². The number of carbonyl (C=O) groups is 1. The molecule has 1 N–H and O–H groups in total. The van der Waals surface area contributed by atoms with E-state index in [4.69, 9.17) is 0 Å². The number of amides is 1. The van der Waals surface area contributed by atoms with Crippen LogP contribution in [0.5, 0.6) is 0 Å². The number of para-hydroxylation sites is 1. The molecule has 0 fully saturated rings. The summed E-state index contributed by atoms with van der Waals surface area (Å²) in [7, 11) is 3.91. The van der Waals surface area contributed by atoms with Gasteiger partial charge in [-0.05, 0) is 24.6 Å². The Hall–Kier alpha value is -2.89. The molecule has 3 rings (SSSR count). The number of aryl methyl sites for hydroxylation is 1. The highest BCUT2D eigenvalue weighted by Gasteiger charge is 2.11. The van der Waals surface area contributed by atoms with Crippen LogP contribution >= 0.6 is 0 Å². The maximum Gasteiger partial charge on any atom is 0.254 e. The van der Waals surface area contributed by atoms with Crippen molar-refractivity contribution in [1.82, 2.24) is 20.1 Å². The topological polar surface area (TPSA) is 63.1 Å². The van der Waals surface area contributed by atoms with Crippen molar-refractivity contribution < 1.29 is 4.79 Å². The highest BCUT2D eigenvalue weighted by Crippen LogP contribution is 2.22. The second-order valence-corrected chi connectivity index (χ2v) is 5.82. The zero-order chi connectivity index (χ0) is 17.1. The Bertz CT molecular complexity index is 869. The predicted octanol–water partition coefficient (Wildman–Crippen LogP) is 2.45. The number of anilines is 1. The van der Waals surface area contributed by atoms with Gasteiger partial charge in [-0.2, -0.15) is 5.10 Å². The summed E-state index contributed by atoms with van der Waals surface area (Å²) in [4.78, 5) is 18.9. The lowest BCUT2D eigenvalue weighted by Crippen LogP contribution is -2.23. The summed E-state index contributed by atoms with van der Waals surface area (Å²) in [5, 5.41) is 8.16. The first kappa shape index (κ1) is 16.0. The second-order valence-electron chi connectivity index (χ2n) is 5.82. The molecule has 0 aliphatic rings. The molecule has 0 unspecified atom stereocenters. The standard InChI is InChI=1S/C18H21N5O/c1-4-23-12-14(11-20-23)18(24)19-10-13-9-17(22(2)3)21-16-8-6-5-7-15(13)16/h5-9,11-12H,4,10H2,1-3H3,(H,19,24). The van der Waals surface area contributed by atoms with Gasteiger partial charge in [0.05, 0.1) is 17.3 Å². The number of carbonyl (C=O) groups excluding carboxylic acids is 1. The van der Waals surface area contributed by atoms with E-state index in [9.17, 15) is 4.79 Å². The Balaban J connectivity index is 1.85. The average molecular weight is 323 g/mol. The minimum Gasteiger partial charge on any atom is -0.363 e. The largest absolute Gasteiger partial charge is 0.363 e. The van der Waals surface area contributed by atoms with E-state index >= 15 is 0 Å². The molecule has 6 heteroatoms. The molecule has 0 saturated heterocycles. The fourth-order valence-corrected chi connectivity index (χ4v) is 2.54. The van der Waals surface area contributed by atoms with Crippen LogP contribution in [0.25, 0.3) is 10.9 Å². The zero-order valence-corrected chi connectivity index (χ0v) is 14.2. The van der Waals surface area contributed by atoms with E-state index in [0.29, 0.717) is 12.1 Å². The van der Waals surface area contributed by atoms with E-state index in [1.165, 1.54) is 0 Å². The smallest absolute Gasteiger partial charge is 0.254 e. The number of fused-ring (bicyclic) bond motifs is 1. The Morgan fingerprint density at radius 1 is 1.29 bits per heavy atom. The number of pyridine rings is 1. The summed E-state index contributed by atoms with van der Waals surface area (Å²) in [6.07, 6.45) is 3.35. The average Bonchev–Trinajstić information content (AvgIpc) is 3.08. The number of hydrogen-bond donors (Lipinski definition) is 1. The van der Waals surface area contributed by atoms with Gasteiger partial charge in [0.25, 0.3) is 5.91 Å². The van der Waals surface area contributed by atoms with Crippen LogP contribution in [0, 0.1) is 0 Å². The molecule has 0 radical (unpaired) electrons. The number of rotatable bonds is 5. The predicted molar refractivity (Wildman–Crippen MR) is 95.1 cm³/mol. The van der Waals surface area contributed by atoms with Crippen LogP contribution in [0.1, 0.15) is 22.8 Å². The summed E-state index contributed by atoms with van der Waals surface area (Å²) in [5.74, 6) is 0.749. The van der Waals surface area contributed by atoms with Crippen molar-refractivity contribution in [3.8, 4) is 0 Å². The van der Waals surface area contributed by atoms with Gasteiger partial charge in [0.15, 0.2) is 0 Å². The maximum atomic E-state index is 12.3. The van der Waals surface area contributed by atoms with Crippen LogP contribution in [0.4, 0.5) is 5.82 Å². The highest BCUT2D eigenvalue weighted by molar-refractivity contribution is 5.94. The van der Waals surface area contributed by atoms with Crippen LogP contribution in [0.2, 0.25) is 0 Å². The van der Waals surface area contributed by atoms with Crippen LogP contribution in [-0.4, -0.2) is 34.8 Å². The normalized spacial score (nSPS) is 10.8. The molecule has 6 nitrogen and oxygen atoms in total. The van der Waals surface area contributed by atoms with Gasteiger partial charge in [-0.3, -0.25) is 9.48 Å². The van der Waals surface area contributed by atoms with Gasteiger partial charge < -0.3 is 10.2 Å². The molecule has 2 heterocycles. The number of nitrogens with zero attached hydrogens (tertiary/aromatic N) is 4. The van der Waals surface area contributed by atoms with Crippen molar-refractivity contribution in [1.29, 1.82) is 0 Å². The van der Waals surface area contributed by atoms with Gasteiger partial charge in [-0.15, -0.1) is 0 Å². The number of hydrogen-bond acceptors (Lipinski definition) is 4. The van der Waals surface area contributed by atoms with E-state index in [0.717, 1.165) is 28.8 Å². The Kier molecular flexibility index (Phi) is 4.46. The van der Waals surface area contributed by atoms with Gasteiger partial charge in [-0.25, -0.2) is 4.98 Å². The number of benzene rings is 1. The molecule has 24 heavy (non-hydrogen) atoms. The van der Waals surface area contributed by atoms with Crippen LogP contribution < -0.4 is 10.2 Å². The van der Waals surface area contributed by atoms with Gasteiger partial charge in [0.2, 0.25) is 0 Å². The third-order valence-corrected chi connectivity index (χ3v) is 3.91. The molecule has 0 bridgehead atoms. The highest BCUT2D eigenvalue weighted by atomic mass is 16.1. The molecule has 0 spiro atoms. The molecule has 0 aliphatic carbocycles. The Morgan fingerprint density at radius 2 is 2.08 bits per heavy atom. The van der Waals surface area contributed by atoms with E-state index in [2.05, 4.69) is 15.4 Å². The lowest BCUT2D eigenvalue weighted by atomic mass is 10.1. The number of nitrogens with one attached hydrogen (secondary N) is 1. The summed E-state index contributed by atoms with van der Waals surface area (Å²) < 4.78 is 1.74. The van der Waals surface area contributed by atoms with Crippen LogP contribution in [0.3, 0.4) is 0 Å². The van der Waals surface area contributed by atoms with E-state index in [1.54, 1.807) is 17.1 Å². The van der Waals surface area contributed by atoms with Gasteiger partial charge in [0, 0.05) is 38.8 Å². The summed E-state index contributed by atoms with van der Waals surface area (Å²) in [6.45, 7) is 3.18. The number of aromatic nitrogens is 3. The molecule has 124 valence electrons. The first-order chi connectivity index (χ1) is 11.6. The van der Waals surface area contributed by atoms with E-state index in [1.807, 2.05) is 56.3 Å². The first-order valence-corrected chi connectivity index (χ1v) is 7.95. The fraction of sp³-hybridized carbons (Fsp3) is 0.278. The molecular formula is C18H21N5O. The summed E-state index contributed by atoms with van der Waals surface area (Å²) in [6, 6.07) is 9.97. The van der Waals surface area contributed by atoms with Crippen LogP contribution in [0.15, 0.2) is 42.7 Å². The van der Waals surface area contributed by atoms with Crippen molar-refractivity contribution in [3.05, 3.63) is 53.9 Å². The van der Waals surface area contributed by atoms with Gasteiger partial charge in [-0.1, -0.05) is 18.2 Å². The van der Waals surface area contributed by atoms with Gasteiger partial charge in [0.1, 0.15) is 5.82 Å². The van der Waals surface area contributed by atoms with Crippen LogP contribution in [-0.2, 0) is 13.1 Å². The van der Waals surface area contributed by atoms with Crippen molar-refractivity contribution in [2.75, 3.05) is 19.0 Å². The maximum absolute atomic E-state index is 12.3. The van der Waals surface area contributed by atoms with Crippen molar-refractivity contribution in [3.63, 3.8) is 0 Å². The third-order valence-electron chi connectivity index (χ3n) is 3.91. The second kappa shape index (κ2) is 6.70. The minimum absolute atomic E-state index is 0.123. The van der Waals surface area contributed by atoms with E-state index in [-0.39, 0.29) is 5.91 Å². The molecule has 0 saturated carbocycles. The Labute approximate surface area is 141 Å². The van der Waals surface area contributed by atoms with Crippen molar-refractivity contribution in [2.45, 2.75) is 20.0 Å². The minimum atomic E-state index is -0.123. The molecule has 2 aromatic heterocycles. The van der Waals surface area contributed by atoms with Crippen molar-refractivity contribution >= 4 is 22.6 Å². The van der Waals surface area contributed by atoms with E-state index < -0.39 is 0 Å². The monoisotopic (exact) mass is 323 g/mol. The molecule has 0 atom stereocenters. The first-order valence-electron chi connectivity index (χ1n) is 7.95. The Morgan fingerprint density at radius 3 is 2.79 bits per heavy atom. The summed E-state index contributed by atoms with van der Waals surface area (Å²) in [5.41, 5.74) is 2.54. The fourth-order valence-electron chi connectivity index (χ4n) is 2.54. The quantitative estimate of drug-likeness (QED) is 0.783. The molecule has 3 aromatic rings. The van der Waals surface area contributed by atoms with Gasteiger partial charge >= 0.3 is 0 Å². The lowest BCUT2D eigenvalue weighted by Gasteiger charge is -2.15. The third kappa shape index (κ3) is 3.22. The molecule has 1 amide bonds. The SMILES string of the molecule is CCn1cc(C(=O)NCc2cc(N(C)C)nc3ccccc23)cn1.